The summed E-state index contributed by atoms with van der Waals surface area (Å²) in [4.78, 5) is 29.3. The number of thioether (sulfide) groups is 2. The third-order valence-electron chi connectivity index (χ3n) is 16.6. The van der Waals surface area contributed by atoms with Crippen molar-refractivity contribution in [2.24, 2.45) is 5.92 Å². The lowest BCUT2D eigenvalue weighted by molar-refractivity contribution is -0.332. The van der Waals surface area contributed by atoms with Gasteiger partial charge in [-0.15, -0.1) is 23.5 Å². The summed E-state index contributed by atoms with van der Waals surface area (Å²) in [5, 5.41) is 36.9. The maximum Gasteiger partial charge on any atom is 0.308 e. The Morgan fingerprint density at radius 1 is 0.702 bits per heavy atom. The molecular weight excluding hydrogens is 1410 g/mol. The van der Waals surface area contributed by atoms with Crippen molar-refractivity contribution in [1.29, 1.82) is 0 Å². The standard InChI is InChI=1S/C67H77IO22S4/c1-36(2)63(72)90-62-39(5)84-66(61(68)67(62,6)73)89-58-55(71)50(34-83-94(76,77)46-27-22-38(4)23-28-46)87-65(60(58)92-44-18-14-11-15-19-44)88-57-54(70)49(33-82-93(74,75)45-25-20-37(3)21-26-45)86-64(59(57)91-43-16-12-10-13-17-43)85-47-29-24-40-30-41-31-42(79-8)32-48(81-35-78-7)51(41)56(80-9)52(40)53(47)69/h10-23,25-28,30-32,36,39,47,49-50,54-55,57-62,64-66,70-71,73H,24,29,33-35H2,1-9H3/t39-,47-,49+,50+,54+,55+,57-,58-,59+,60+,61-,62-,64+,65-,66-,67-/m0/s1. The quantitative estimate of drug-likeness (QED) is 0.0158. The molecule has 3 fully saturated rings. The second kappa shape index (κ2) is 30.8. The van der Waals surface area contributed by atoms with E-state index in [2.05, 4.69) is 0 Å². The van der Waals surface area contributed by atoms with Crippen molar-refractivity contribution in [3.05, 3.63) is 150 Å². The van der Waals surface area contributed by atoms with E-state index >= 15 is 4.79 Å². The summed E-state index contributed by atoms with van der Waals surface area (Å²) in [6, 6.07) is 35.1. The Hall–Kier alpha value is -5.03. The summed E-state index contributed by atoms with van der Waals surface area (Å²) in [7, 11) is -4.66. The molecule has 508 valence electrons. The predicted molar refractivity (Wildman–Crippen MR) is 354 cm³/mol. The summed E-state index contributed by atoms with van der Waals surface area (Å²) >= 11 is 4.23. The van der Waals surface area contributed by atoms with Gasteiger partial charge in [0.2, 0.25) is 0 Å². The van der Waals surface area contributed by atoms with Crippen LogP contribution in [0, 0.1) is 19.8 Å². The van der Waals surface area contributed by atoms with Crippen molar-refractivity contribution in [2.45, 2.75) is 168 Å². The molecule has 3 heterocycles. The smallest absolute Gasteiger partial charge is 0.308 e. The number of aliphatic hydroxyl groups excluding tert-OH is 2. The first-order valence-electron chi connectivity index (χ1n) is 30.4. The molecule has 3 saturated heterocycles. The fraction of sp³-hybridized carbons (Fsp3) is 0.463. The number of benzene rings is 6. The highest BCUT2D eigenvalue weighted by atomic mass is 127. The van der Waals surface area contributed by atoms with E-state index in [9.17, 15) is 36.9 Å². The Labute approximate surface area is 569 Å². The molecule has 6 aromatic rings. The maximum atomic E-state index is 15.4. The number of hydrogen-bond acceptors (Lipinski definition) is 24. The van der Waals surface area contributed by atoms with Crippen LogP contribution in [-0.2, 0) is 77.7 Å². The van der Waals surface area contributed by atoms with E-state index in [1.807, 2.05) is 28.7 Å². The minimum Gasteiger partial charge on any atom is -0.497 e. The van der Waals surface area contributed by atoms with Crippen molar-refractivity contribution in [3.8, 4) is 17.2 Å². The number of alkyl halides is 1. The van der Waals surface area contributed by atoms with Crippen molar-refractivity contribution in [2.75, 3.05) is 41.3 Å². The molecule has 4 aliphatic rings. The van der Waals surface area contributed by atoms with Crippen molar-refractivity contribution < 1.29 is 102 Å². The SMILES string of the molecule is COCOc1cc(OC)cc2cc3c(c(OC)c12)C(=O)[C@@H](O[C@@H]1O[C@H](COS(=O)(=O)c2ccc(C)cc2)[C@@H](O)[C@H](O[C@@H]2O[C@H](COS(=O)(=O)c4ccc(C)cc4)[C@@H](O)[C@H](O[C@@H]4O[C@@H](C)[C@H](OC(=O)C(C)C)[C@@](C)(O)[C@H]4I)[C@H]2Sc2ccccc2)[C@H]1Sc1ccccc1)CC3. The molecule has 16 atom stereocenters. The Bertz CT molecular complexity index is 3810. The molecule has 3 N–H and O–H groups in total. The Morgan fingerprint density at radius 2 is 1.21 bits per heavy atom. The van der Waals surface area contributed by atoms with Crippen LogP contribution in [0.25, 0.3) is 10.8 Å². The first-order valence-corrected chi connectivity index (χ1v) is 36.2. The number of Topliss-reactive ketones (excluding diaryl/α,β-unsaturated/α-hetero) is 1. The molecule has 0 bridgehead atoms. The lowest BCUT2D eigenvalue weighted by Gasteiger charge is -2.51. The van der Waals surface area contributed by atoms with Gasteiger partial charge >= 0.3 is 5.97 Å². The average molecular weight is 1490 g/mol. The highest BCUT2D eigenvalue weighted by Gasteiger charge is 2.58. The molecule has 10 rings (SSSR count). The minimum absolute atomic E-state index is 0.107. The van der Waals surface area contributed by atoms with Crippen LogP contribution in [-0.4, -0.2) is 179 Å². The Kier molecular flexibility index (Phi) is 23.5. The molecule has 0 amide bonds. The lowest BCUT2D eigenvalue weighted by atomic mass is 9.85. The van der Waals surface area contributed by atoms with Gasteiger partial charge in [-0.3, -0.25) is 18.0 Å². The number of fused-ring (bicyclic) bond motifs is 2. The van der Waals surface area contributed by atoms with E-state index in [-0.39, 0.29) is 34.3 Å². The molecule has 27 heteroatoms. The third-order valence-corrected chi connectivity index (χ3v) is 23.7. The highest BCUT2D eigenvalue weighted by molar-refractivity contribution is 14.1. The summed E-state index contributed by atoms with van der Waals surface area (Å²) in [6.07, 6.45) is -17.5. The predicted octanol–water partition coefficient (Wildman–Crippen LogP) is 8.91. The molecule has 0 radical (unpaired) electrons. The number of ether oxygens (including phenoxy) is 11. The van der Waals surface area contributed by atoms with Crippen LogP contribution in [0.4, 0.5) is 0 Å². The first-order chi connectivity index (χ1) is 44.8. The molecule has 0 spiro atoms. The van der Waals surface area contributed by atoms with Gasteiger partial charge in [0.15, 0.2) is 37.6 Å². The fourth-order valence-corrected chi connectivity index (χ4v) is 16.5. The van der Waals surface area contributed by atoms with Gasteiger partial charge in [-0.25, -0.2) is 0 Å². The molecular formula is C67H77IO22S4. The topological polar surface area (TPSA) is 283 Å². The van der Waals surface area contributed by atoms with Crippen molar-refractivity contribution in [1.82, 2.24) is 0 Å². The van der Waals surface area contributed by atoms with E-state index in [1.165, 1.54) is 52.5 Å². The molecule has 6 aromatic carbocycles. The number of ketones is 1. The summed E-state index contributed by atoms with van der Waals surface area (Å²) < 4.78 is 137. The zero-order valence-corrected chi connectivity index (χ0v) is 58.4. The maximum absolute atomic E-state index is 15.4. The molecule has 1 aliphatic carbocycles. The van der Waals surface area contributed by atoms with Crippen LogP contribution in [0.2, 0.25) is 0 Å². The number of aliphatic hydroxyl groups is 3. The lowest BCUT2D eigenvalue weighted by Crippen LogP contribution is -2.67. The van der Waals surface area contributed by atoms with Crippen LogP contribution in [0.15, 0.2) is 147 Å². The largest absolute Gasteiger partial charge is 0.497 e. The number of esters is 1. The van der Waals surface area contributed by atoms with E-state index in [4.69, 9.17) is 60.5 Å². The van der Waals surface area contributed by atoms with Gasteiger partial charge in [0.25, 0.3) is 20.2 Å². The molecule has 0 unspecified atom stereocenters. The summed E-state index contributed by atoms with van der Waals surface area (Å²) in [5.41, 5.74) is 0.606. The average Bonchev–Trinajstić information content (AvgIpc) is 0.745. The van der Waals surface area contributed by atoms with E-state index in [0.29, 0.717) is 44.0 Å². The van der Waals surface area contributed by atoms with E-state index < -0.39 is 145 Å². The van der Waals surface area contributed by atoms with Gasteiger partial charge in [0, 0.05) is 23.0 Å². The normalized spacial score (nSPS) is 29.0. The molecule has 94 heavy (non-hydrogen) atoms. The number of carbonyl (C=O) groups is 2. The minimum atomic E-state index is -4.54. The second-order valence-electron chi connectivity index (χ2n) is 23.8. The first kappa shape index (κ1) is 71.7. The van der Waals surface area contributed by atoms with Gasteiger partial charge in [-0.2, -0.15) is 16.8 Å². The fourth-order valence-electron chi connectivity index (χ4n) is 11.6. The van der Waals surface area contributed by atoms with Crippen LogP contribution in [0.5, 0.6) is 17.2 Å². The van der Waals surface area contributed by atoms with E-state index in [1.54, 1.807) is 132 Å². The summed E-state index contributed by atoms with van der Waals surface area (Å²) in [5.74, 6) is -0.617. The van der Waals surface area contributed by atoms with Crippen LogP contribution >= 0.6 is 46.1 Å². The Morgan fingerprint density at radius 3 is 1.70 bits per heavy atom. The van der Waals surface area contributed by atoms with Gasteiger partial charge in [0.1, 0.15) is 65.6 Å². The van der Waals surface area contributed by atoms with Crippen LogP contribution in [0.1, 0.15) is 61.2 Å². The van der Waals surface area contributed by atoms with Gasteiger partial charge in [-0.05, 0) is 112 Å². The molecule has 0 saturated carbocycles. The summed E-state index contributed by atoms with van der Waals surface area (Å²) in [6.45, 7) is 8.21. The number of carbonyl (C=O) groups excluding carboxylic acids is 2. The zero-order valence-electron chi connectivity index (χ0n) is 53.0. The van der Waals surface area contributed by atoms with Gasteiger partial charge in [-0.1, -0.05) is 108 Å². The zero-order chi connectivity index (χ0) is 67.4. The Balaban J connectivity index is 1.08. The molecule has 0 aromatic heterocycles. The number of halogens is 1. The highest BCUT2D eigenvalue weighted by Crippen LogP contribution is 2.48. The number of rotatable bonds is 25. The number of hydrogen-bond donors (Lipinski definition) is 3. The van der Waals surface area contributed by atoms with Crippen molar-refractivity contribution in [3.63, 3.8) is 0 Å². The molecule has 22 nitrogen and oxygen atoms in total. The van der Waals surface area contributed by atoms with Gasteiger partial charge in [0.05, 0.1) is 74.6 Å². The second-order valence-corrected chi connectivity index (χ2v) is 30.8. The number of aryl methyl sites for hydroxylation is 3. The molecule has 3 aliphatic heterocycles. The third kappa shape index (κ3) is 16.1. The van der Waals surface area contributed by atoms with Gasteiger partial charge < -0.3 is 67.4 Å². The monoisotopic (exact) mass is 1490 g/mol. The van der Waals surface area contributed by atoms with Crippen LogP contribution in [0.3, 0.4) is 0 Å². The van der Waals surface area contributed by atoms with Crippen LogP contribution < -0.4 is 14.2 Å². The number of methoxy groups -OCH3 is 3. The van der Waals surface area contributed by atoms with E-state index in [0.717, 1.165) is 34.7 Å². The van der Waals surface area contributed by atoms with Crippen molar-refractivity contribution >= 4 is 88.9 Å².